The molecule has 0 aliphatic heterocycles. The molecule has 2 amide bonds. The Balaban J connectivity index is 1.83. The third kappa shape index (κ3) is 10.7. The molecule has 7 nitrogen and oxygen atoms in total. The van der Waals surface area contributed by atoms with E-state index in [1.165, 1.54) is 24.2 Å². The van der Waals surface area contributed by atoms with Gasteiger partial charge in [-0.1, -0.05) is 60.7 Å². The standard InChI is InChI=1S/C26H34N2O5S/c1-3-32-25(30)20(2)33-26(31)28-23(19-34-18-22-15-8-5-9-16-22)24(29)27-17-11-10-14-21-12-6-4-7-13-21/h4-9,12-13,15-16,20,23H,3,10-11,14,17-19H2,1-2H3,(H,27,29)(H,28,31)/t20-,23-/m0/s1. The first-order valence-corrected chi connectivity index (χ1v) is 12.7. The molecule has 0 saturated heterocycles. The number of ether oxygens (including phenoxy) is 2. The minimum absolute atomic E-state index is 0.194. The van der Waals surface area contributed by atoms with Crippen molar-refractivity contribution >= 4 is 29.7 Å². The van der Waals surface area contributed by atoms with Crippen molar-refractivity contribution < 1.29 is 23.9 Å². The third-order valence-electron chi connectivity index (χ3n) is 4.94. The van der Waals surface area contributed by atoms with Gasteiger partial charge in [0.15, 0.2) is 6.10 Å². The first-order chi connectivity index (χ1) is 16.5. The van der Waals surface area contributed by atoms with Crippen LogP contribution in [0.1, 0.15) is 37.8 Å². The van der Waals surface area contributed by atoms with Gasteiger partial charge >= 0.3 is 12.1 Å². The molecule has 184 valence electrons. The first-order valence-electron chi connectivity index (χ1n) is 11.6. The van der Waals surface area contributed by atoms with Gasteiger partial charge in [-0.2, -0.15) is 11.8 Å². The smallest absolute Gasteiger partial charge is 0.408 e. The van der Waals surface area contributed by atoms with E-state index in [9.17, 15) is 14.4 Å². The molecule has 2 atom stereocenters. The van der Waals surface area contributed by atoms with E-state index in [-0.39, 0.29) is 12.5 Å². The summed E-state index contributed by atoms with van der Waals surface area (Å²) < 4.78 is 9.94. The molecule has 2 N–H and O–H groups in total. The van der Waals surface area contributed by atoms with Gasteiger partial charge in [0.25, 0.3) is 0 Å². The van der Waals surface area contributed by atoms with Gasteiger partial charge in [-0.3, -0.25) is 4.79 Å². The fraction of sp³-hybridized carbons (Fsp3) is 0.423. The monoisotopic (exact) mass is 486 g/mol. The predicted octanol–water partition coefficient (Wildman–Crippen LogP) is 4.11. The van der Waals surface area contributed by atoms with E-state index in [2.05, 4.69) is 22.8 Å². The molecule has 0 spiro atoms. The number of alkyl carbamates (subject to hydrolysis) is 1. The molecule has 2 rings (SSSR count). The second-order valence-corrected chi connectivity index (χ2v) is 8.76. The van der Waals surface area contributed by atoms with E-state index in [0.717, 1.165) is 24.8 Å². The highest BCUT2D eigenvalue weighted by molar-refractivity contribution is 7.98. The molecule has 2 aromatic carbocycles. The molecule has 0 bridgehead atoms. The summed E-state index contributed by atoms with van der Waals surface area (Å²) in [6.07, 6.45) is 0.839. The van der Waals surface area contributed by atoms with Gasteiger partial charge in [0, 0.05) is 18.1 Å². The predicted molar refractivity (Wildman–Crippen MR) is 134 cm³/mol. The van der Waals surface area contributed by atoms with Gasteiger partial charge in [0.05, 0.1) is 6.61 Å². The van der Waals surface area contributed by atoms with E-state index in [1.807, 2.05) is 48.5 Å². The Bertz CT molecular complexity index is 879. The van der Waals surface area contributed by atoms with E-state index in [0.29, 0.717) is 18.1 Å². The van der Waals surface area contributed by atoms with Gasteiger partial charge in [-0.25, -0.2) is 9.59 Å². The van der Waals surface area contributed by atoms with Crippen molar-refractivity contribution in [3.63, 3.8) is 0 Å². The largest absolute Gasteiger partial charge is 0.463 e. The number of hydrogen-bond acceptors (Lipinski definition) is 6. The molecule has 8 heteroatoms. The maximum atomic E-state index is 12.8. The lowest BCUT2D eigenvalue weighted by Gasteiger charge is -2.19. The van der Waals surface area contributed by atoms with Crippen molar-refractivity contribution in [2.75, 3.05) is 18.9 Å². The Kier molecular flexibility index (Phi) is 12.6. The molecule has 0 aliphatic rings. The summed E-state index contributed by atoms with van der Waals surface area (Å²) in [5, 5.41) is 5.50. The SMILES string of the molecule is CCOC(=O)[C@H](C)OC(=O)N[C@@H](CSCc1ccccc1)C(=O)NCCCCc1ccccc1. The Labute approximate surface area is 206 Å². The van der Waals surface area contributed by atoms with Crippen LogP contribution in [-0.2, 0) is 31.2 Å². The van der Waals surface area contributed by atoms with E-state index in [1.54, 1.807) is 6.92 Å². The lowest BCUT2D eigenvalue weighted by atomic mass is 10.1. The van der Waals surface area contributed by atoms with Crippen LogP contribution >= 0.6 is 11.8 Å². The lowest BCUT2D eigenvalue weighted by molar-refractivity contribution is -0.152. The second-order valence-electron chi connectivity index (χ2n) is 7.73. The Hall–Kier alpha value is -3.00. The van der Waals surface area contributed by atoms with Crippen molar-refractivity contribution in [2.45, 2.75) is 51.0 Å². The van der Waals surface area contributed by atoms with Crippen LogP contribution in [-0.4, -0.2) is 49.0 Å². The van der Waals surface area contributed by atoms with Crippen LogP contribution < -0.4 is 10.6 Å². The third-order valence-corrected chi connectivity index (χ3v) is 6.05. The van der Waals surface area contributed by atoms with Crippen LogP contribution in [0.25, 0.3) is 0 Å². The fourth-order valence-electron chi connectivity index (χ4n) is 3.13. The number of unbranched alkanes of at least 4 members (excludes halogenated alkanes) is 1. The number of esters is 1. The normalized spacial score (nSPS) is 12.3. The number of hydrogen-bond donors (Lipinski definition) is 2. The quantitative estimate of drug-likeness (QED) is 0.308. The molecule has 0 saturated carbocycles. The van der Waals surface area contributed by atoms with Crippen LogP contribution in [0.15, 0.2) is 60.7 Å². The summed E-state index contributed by atoms with van der Waals surface area (Å²) in [5.41, 5.74) is 2.40. The highest BCUT2D eigenvalue weighted by Gasteiger charge is 2.24. The fourth-order valence-corrected chi connectivity index (χ4v) is 4.15. The molecule has 0 fully saturated rings. The number of amides is 2. The molecule has 0 aliphatic carbocycles. The number of aryl methyl sites for hydroxylation is 1. The topological polar surface area (TPSA) is 93.7 Å². The molecule has 0 heterocycles. The number of rotatable bonds is 14. The second kappa shape index (κ2) is 15.8. The number of nitrogens with one attached hydrogen (secondary N) is 2. The molecule has 0 radical (unpaired) electrons. The maximum Gasteiger partial charge on any atom is 0.408 e. The Morgan fingerprint density at radius 1 is 0.941 bits per heavy atom. The van der Waals surface area contributed by atoms with Crippen molar-refractivity contribution in [3.8, 4) is 0 Å². The van der Waals surface area contributed by atoms with Crippen LogP contribution in [0.2, 0.25) is 0 Å². The average Bonchev–Trinajstić information content (AvgIpc) is 2.84. The number of thioether (sulfide) groups is 1. The van der Waals surface area contributed by atoms with Crippen LogP contribution in [0.4, 0.5) is 4.79 Å². The number of carbonyl (C=O) groups is 3. The van der Waals surface area contributed by atoms with Crippen LogP contribution in [0, 0.1) is 0 Å². The molecular formula is C26H34N2O5S. The summed E-state index contributed by atoms with van der Waals surface area (Å²) >= 11 is 1.54. The summed E-state index contributed by atoms with van der Waals surface area (Å²) in [6, 6.07) is 19.3. The van der Waals surface area contributed by atoms with Crippen LogP contribution in [0.5, 0.6) is 0 Å². The summed E-state index contributed by atoms with van der Waals surface area (Å²) in [7, 11) is 0. The highest BCUT2D eigenvalue weighted by Crippen LogP contribution is 2.13. The summed E-state index contributed by atoms with van der Waals surface area (Å²) in [4.78, 5) is 36.8. The molecule has 2 aromatic rings. The molecule has 0 unspecified atom stereocenters. The van der Waals surface area contributed by atoms with Crippen molar-refractivity contribution in [2.24, 2.45) is 0 Å². The van der Waals surface area contributed by atoms with Gasteiger partial charge in [0.2, 0.25) is 5.91 Å². The summed E-state index contributed by atoms with van der Waals surface area (Å²) in [6.45, 7) is 3.82. The summed E-state index contributed by atoms with van der Waals surface area (Å²) in [5.74, 6) is 0.169. The maximum absolute atomic E-state index is 12.8. The van der Waals surface area contributed by atoms with E-state index in [4.69, 9.17) is 9.47 Å². The van der Waals surface area contributed by atoms with Crippen LogP contribution in [0.3, 0.4) is 0 Å². The number of benzene rings is 2. The van der Waals surface area contributed by atoms with Gasteiger partial charge in [0.1, 0.15) is 6.04 Å². The first kappa shape index (κ1) is 27.2. The van der Waals surface area contributed by atoms with E-state index >= 15 is 0 Å². The molecule has 34 heavy (non-hydrogen) atoms. The Morgan fingerprint density at radius 3 is 2.24 bits per heavy atom. The number of carbonyl (C=O) groups excluding carboxylic acids is 3. The average molecular weight is 487 g/mol. The van der Waals surface area contributed by atoms with Gasteiger partial charge in [-0.05, 0) is 44.2 Å². The van der Waals surface area contributed by atoms with Crippen molar-refractivity contribution in [1.82, 2.24) is 10.6 Å². The minimum Gasteiger partial charge on any atom is -0.463 e. The molecule has 0 aromatic heterocycles. The highest BCUT2D eigenvalue weighted by atomic mass is 32.2. The van der Waals surface area contributed by atoms with E-state index < -0.39 is 24.2 Å². The zero-order valence-corrected chi connectivity index (χ0v) is 20.6. The van der Waals surface area contributed by atoms with Crippen molar-refractivity contribution in [1.29, 1.82) is 0 Å². The zero-order chi connectivity index (χ0) is 24.6. The lowest BCUT2D eigenvalue weighted by Crippen LogP contribution is -2.49. The van der Waals surface area contributed by atoms with Gasteiger partial charge in [-0.15, -0.1) is 0 Å². The Morgan fingerprint density at radius 2 is 1.59 bits per heavy atom. The molecular weight excluding hydrogens is 452 g/mol. The van der Waals surface area contributed by atoms with Crippen molar-refractivity contribution in [3.05, 3.63) is 71.8 Å². The zero-order valence-electron chi connectivity index (χ0n) is 19.8. The van der Waals surface area contributed by atoms with Gasteiger partial charge < -0.3 is 20.1 Å². The minimum atomic E-state index is -1.06.